The second kappa shape index (κ2) is 3.77. The highest BCUT2D eigenvalue weighted by atomic mass is 16.9. The first-order chi connectivity index (χ1) is 6.62. The van der Waals surface area contributed by atoms with E-state index in [-0.39, 0.29) is 18.7 Å². The third-order valence-electron chi connectivity index (χ3n) is 2.40. The molecule has 2 aliphatic rings. The molecule has 2 aliphatic heterocycles. The van der Waals surface area contributed by atoms with Crippen LogP contribution in [-0.2, 0) is 18.9 Å². The van der Waals surface area contributed by atoms with Crippen LogP contribution in [0.3, 0.4) is 0 Å². The number of rotatable bonds is 4. The smallest absolute Gasteiger partial charge is 0.195 e. The van der Waals surface area contributed by atoms with Crippen LogP contribution in [0, 0.1) is 0 Å². The molecular weight excluding hydrogens is 184 g/mol. The Morgan fingerprint density at radius 2 is 2.07 bits per heavy atom. The molecule has 0 spiro atoms. The van der Waals surface area contributed by atoms with Gasteiger partial charge in [0.05, 0.1) is 0 Å². The van der Waals surface area contributed by atoms with Gasteiger partial charge in [-0.3, -0.25) is 0 Å². The van der Waals surface area contributed by atoms with Crippen molar-refractivity contribution in [3.05, 3.63) is 0 Å². The maximum atomic E-state index is 5.62. The molecule has 4 heteroatoms. The van der Waals surface area contributed by atoms with Crippen molar-refractivity contribution in [3.63, 3.8) is 0 Å². The van der Waals surface area contributed by atoms with Gasteiger partial charge in [-0.05, 0) is 20.3 Å². The van der Waals surface area contributed by atoms with E-state index in [4.69, 9.17) is 18.9 Å². The molecule has 4 nitrogen and oxygen atoms in total. The third kappa shape index (κ3) is 1.93. The molecule has 0 aromatic rings. The second-order valence-corrected chi connectivity index (χ2v) is 4.20. The maximum Gasteiger partial charge on any atom is 0.195 e. The van der Waals surface area contributed by atoms with Crippen LogP contribution in [0.1, 0.15) is 33.6 Å². The highest BCUT2D eigenvalue weighted by Crippen LogP contribution is 2.39. The molecule has 0 saturated carbocycles. The van der Waals surface area contributed by atoms with E-state index in [1.165, 1.54) is 0 Å². The summed E-state index contributed by atoms with van der Waals surface area (Å²) in [6, 6.07) is 0. The summed E-state index contributed by atoms with van der Waals surface area (Å²) < 4.78 is 22.0. The van der Waals surface area contributed by atoms with Gasteiger partial charge in [-0.1, -0.05) is 13.3 Å². The Morgan fingerprint density at radius 1 is 1.29 bits per heavy atom. The number of unbranched alkanes of at least 4 members (excludes halogenated alkanes) is 1. The van der Waals surface area contributed by atoms with Gasteiger partial charge in [0.2, 0.25) is 0 Å². The van der Waals surface area contributed by atoms with Crippen molar-refractivity contribution in [1.82, 2.24) is 0 Å². The van der Waals surface area contributed by atoms with Gasteiger partial charge < -0.3 is 18.9 Å². The predicted octanol–water partition coefficient (Wildman–Crippen LogP) is 1.64. The van der Waals surface area contributed by atoms with E-state index in [1.807, 2.05) is 13.8 Å². The highest BCUT2D eigenvalue weighted by Gasteiger charge is 2.55. The van der Waals surface area contributed by atoms with Gasteiger partial charge in [-0.15, -0.1) is 0 Å². The summed E-state index contributed by atoms with van der Waals surface area (Å²) in [4.78, 5) is 0. The summed E-state index contributed by atoms with van der Waals surface area (Å²) in [6.45, 7) is 6.63. The van der Waals surface area contributed by atoms with E-state index in [9.17, 15) is 0 Å². The SMILES string of the molecule is CCCCOC1O[C@@H]2OC(C)(C)O[C@@H]12. The quantitative estimate of drug-likeness (QED) is 0.649. The molecule has 0 aromatic carbocycles. The van der Waals surface area contributed by atoms with Crippen molar-refractivity contribution in [1.29, 1.82) is 0 Å². The van der Waals surface area contributed by atoms with E-state index in [0.717, 1.165) is 19.4 Å². The van der Waals surface area contributed by atoms with Gasteiger partial charge in [-0.2, -0.15) is 0 Å². The average Bonchev–Trinajstić information content (AvgIpc) is 2.34. The molecular formula is C10H18O4. The Labute approximate surface area is 84.5 Å². The van der Waals surface area contributed by atoms with Gasteiger partial charge in [0.1, 0.15) is 0 Å². The molecule has 2 saturated heterocycles. The third-order valence-corrected chi connectivity index (χ3v) is 2.40. The van der Waals surface area contributed by atoms with Gasteiger partial charge >= 0.3 is 0 Å². The minimum Gasteiger partial charge on any atom is -0.350 e. The lowest BCUT2D eigenvalue weighted by Gasteiger charge is -2.36. The lowest BCUT2D eigenvalue weighted by Crippen LogP contribution is -2.53. The van der Waals surface area contributed by atoms with E-state index < -0.39 is 5.79 Å². The van der Waals surface area contributed by atoms with Gasteiger partial charge in [0.25, 0.3) is 0 Å². The van der Waals surface area contributed by atoms with Crippen molar-refractivity contribution in [2.45, 2.75) is 58.1 Å². The van der Waals surface area contributed by atoms with Crippen LogP contribution in [0.4, 0.5) is 0 Å². The molecule has 82 valence electrons. The standard InChI is InChI=1S/C10H18O4/c1-4-5-6-11-8-7-9(12-8)14-10(2,3)13-7/h7-9H,4-6H2,1-3H3/t7-,8?,9+/m0/s1. The normalized spacial score (nSPS) is 39.2. The molecule has 0 amide bonds. The number of hydrogen-bond donors (Lipinski definition) is 0. The van der Waals surface area contributed by atoms with E-state index in [2.05, 4.69) is 6.92 Å². The monoisotopic (exact) mass is 202 g/mol. The summed E-state index contributed by atoms with van der Waals surface area (Å²) >= 11 is 0. The lowest BCUT2D eigenvalue weighted by molar-refractivity contribution is -0.343. The van der Waals surface area contributed by atoms with Gasteiger partial charge in [0, 0.05) is 6.61 Å². The second-order valence-electron chi connectivity index (χ2n) is 4.20. The molecule has 0 bridgehead atoms. The molecule has 0 N–H and O–H groups in total. The number of fused-ring (bicyclic) bond motifs is 1. The summed E-state index contributed by atoms with van der Waals surface area (Å²) in [5.41, 5.74) is 0. The Kier molecular flexibility index (Phi) is 2.79. The molecule has 3 atom stereocenters. The summed E-state index contributed by atoms with van der Waals surface area (Å²) in [5, 5.41) is 0. The number of ether oxygens (including phenoxy) is 4. The Balaban J connectivity index is 1.74. The predicted molar refractivity (Wildman–Crippen MR) is 49.6 cm³/mol. The van der Waals surface area contributed by atoms with Crippen LogP contribution in [0.2, 0.25) is 0 Å². The zero-order valence-corrected chi connectivity index (χ0v) is 8.99. The molecule has 14 heavy (non-hydrogen) atoms. The van der Waals surface area contributed by atoms with Crippen LogP contribution in [0.15, 0.2) is 0 Å². The topological polar surface area (TPSA) is 36.9 Å². The molecule has 0 aliphatic carbocycles. The Morgan fingerprint density at radius 3 is 2.71 bits per heavy atom. The van der Waals surface area contributed by atoms with E-state index >= 15 is 0 Å². The van der Waals surface area contributed by atoms with Crippen LogP contribution >= 0.6 is 0 Å². The zero-order chi connectivity index (χ0) is 10.2. The fraction of sp³-hybridized carbons (Fsp3) is 1.00. The average molecular weight is 202 g/mol. The lowest BCUT2D eigenvalue weighted by atomic mass is 10.2. The first kappa shape index (κ1) is 10.4. The fourth-order valence-electron chi connectivity index (χ4n) is 1.64. The molecule has 2 rings (SSSR count). The van der Waals surface area contributed by atoms with Crippen molar-refractivity contribution >= 4 is 0 Å². The van der Waals surface area contributed by atoms with Crippen LogP contribution < -0.4 is 0 Å². The van der Waals surface area contributed by atoms with Crippen molar-refractivity contribution in [3.8, 4) is 0 Å². The fourth-order valence-corrected chi connectivity index (χ4v) is 1.64. The molecule has 0 radical (unpaired) electrons. The van der Waals surface area contributed by atoms with E-state index in [1.54, 1.807) is 0 Å². The van der Waals surface area contributed by atoms with Crippen molar-refractivity contribution in [2.75, 3.05) is 6.61 Å². The number of hydrogen-bond acceptors (Lipinski definition) is 4. The van der Waals surface area contributed by atoms with Crippen molar-refractivity contribution in [2.24, 2.45) is 0 Å². The van der Waals surface area contributed by atoms with Crippen LogP contribution in [0.5, 0.6) is 0 Å². The Hall–Kier alpha value is -0.160. The maximum absolute atomic E-state index is 5.62. The van der Waals surface area contributed by atoms with Crippen molar-refractivity contribution < 1.29 is 18.9 Å². The molecule has 1 unspecified atom stereocenters. The van der Waals surface area contributed by atoms with Gasteiger partial charge in [-0.25, -0.2) is 0 Å². The van der Waals surface area contributed by atoms with Gasteiger partial charge in [0.15, 0.2) is 24.5 Å². The van der Waals surface area contributed by atoms with Crippen LogP contribution in [0.25, 0.3) is 0 Å². The van der Waals surface area contributed by atoms with E-state index in [0.29, 0.717) is 0 Å². The molecule has 2 heterocycles. The Bertz CT molecular complexity index is 204. The molecule has 2 fully saturated rings. The first-order valence-electron chi connectivity index (χ1n) is 5.25. The first-order valence-corrected chi connectivity index (χ1v) is 5.25. The highest BCUT2D eigenvalue weighted by molar-refractivity contribution is 4.86. The summed E-state index contributed by atoms with van der Waals surface area (Å²) in [6.07, 6.45) is 1.69. The largest absolute Gasteiger partial charge is 0.350 e. The minimum absolute atomic E-state index is 0.0399. The summed E-state index contributed by atoms with van der Waals surface area (Å²) in [5.74, 6) is -0.530. The molecule has 0 aromatic heterocycles. The zero-order valence-electron chi connectivity index (χ0n) is 8.99. The minimum atomic E-state index is -0.530. The van der Waals surface area contributed by atoms with Crippen LogP contribution in [-0.4, -0.2) is 31.1 Å². The summed E-state index contributed by atoms with van der Waals surface area (Å²) in [7, 11) is 0.